The molecule has 1 heterocycles. The van der Waals surface area contributed by atoms with Gasteiger partial charge in [0, 0.05) is 27.9 Å². The zero-order chi connectivity index (χ0) is 18.8. The number of methoxy groups -OCH3 is 1. The predicted molar refractivity (Wildman–Crippen MR) is 106 cm³/mol. The molecule has 1 aliphatic heterocycles. The summed E-state index contributed by atoms with van der Waals surface area (Å²) in [7, 11) is 2.94. The smallest absolute Gasteiger partial charge is 0.373 e. The Morgan fingerprint density at radius 2 is 1.52 bits per heavy atom. The van der Waals surface area contributed by atoms with Gasteiger partial charge in [-0.3, -0.25) is 0 Å². The largest absolute Gasteiger partial charge is 0.396 e. The fourth-order valence-electron chi connectivity index (χ4n) is 4.86. The first-order chi connectivity index (χ1) is 12.1. The molecule has 25 heavy (non-hydrogen) atoms. The minimum Gasteiger partial charge on any atom is -0.396 e. The molecule has 0 spiro atoms. The fourth-order valence-corrected chi connectivity index (χ4v) is 9.10. The van der Waals surface area contributed by atoms with E-state index in [1.54, 1.807) is 0 Å². The summed E-state index contributed by atoms with van der Waals surface area (Å²) in [5, 5.41) is -0.433. The third-order valence-corrected chi connectivity index (χ3v) is 10.6. The molecule has 0 radical (unpaired) electrons. The summed E-state index contributed by atoms with van der Waals surface area (Å²) in [4.78, 5) is 0. The van der Waals surface area contributed by atoms with Gasteiger partial charge in [-0.1, -0.05) is 52.9 Å². The lowest BCUT2D eigenvalue weighted by Gasteiger charge is -2.58. The molecule has 5 heteroatoms. The van der Waals surface area contributed by atoms with Crippen LogP contribution >= 0.6 is 0 Å². The summed E-state index contributed by atoms with van der Waals surface area (Å²) < 4.78 is 25.4. The molecular formula is C20H42O4Si. The highest BCUT2D eigenvalue weighted by molar-refractivity contribution is 6.71. The van der Waals surface area contributed by atoms with Gasteiger partial charge in [0.1, 0.15) is 5.22 Å². The lowest BCUT2D eigenvalue weighted by molar-refractivity contribution is -0.196. The monoisotopic (exact) mass is 374 g/mol. The van der Waals surface area contributed by atoms with E-state index in [1.807, 2.05) is 21.3 Å². The Labute approximate surface area is 157 Å². The van der Waals surface area contributed by atoms with Crippen molar-refractivity contribution in [3.63, 3.8) is 0 Å². The average Bonchev–Trinajstić information content (AvgIpc) is 2.65. The average molecular weight is 375 g/mol. The standard InChI is InChI=1S/C20H42O4Si/c1-7-10-12-17-24-19(15-11-8-2)16-13-18-25(22-5,23-6)20(19,21-4)14-9-3/h7-18H2,1-6H3. The number of hydrogen-bond acceptors (Lipinski definition) is 4. The molecule has 1 rings (SSSR count). The summed E-state index contributed by atoms with van der Waals surface area (Å²) >= 11 is 0. The van der Waals surface area contributed by atoms with Gasteiger partial charge in [0.25, 0.3) is 0 Å². The maximum Gasteiger partial charge on any atom is 0.373 e. The van der Waals surface area contributed by atoms with Crippen LogP contribution in [0, 0.1) is 0 Å². The molecule has 0 aromatic heterocycles. The molecule has 2 unspecified atom stereocenters. The summed E-state index contributed by atoms with van der Waals surface area (Å²) in [6.07, 6.45) is 11.0. The first kappa shape index (κ1) is 23.1. The SMILES string of the molecule is CCCCCOC1(CCCC)CCC[Si](OC)(OC)C1(CCC)OC. The van der Waals surface area contributed by atoms with Gasteiger partial charge in [-0.15, -0.1) is 0 Å². The van der Waals surface area contributed by atoms with E-state index in [-0.39, 0.29) is 5.60 Å². The number of rotatable bonds is 13. The lowest BCUT2D eigenvalue weighted by Crippen LogP contribution is -2.76. The van der Waals surface area contributed by atoms with E-state index in [9.17, 15) is 0 Å². The summed E-state index contributed by atoms with van der Waals surface area (Å²) in [5.41, 5.74) is -0.280. The first-order valence-corrected chi connectivity index (χ1v) is 12.4. The predicted octanol–water partition coefficient (Wildman–Crippen LogP) is 5.38. The molecule has 0 aromatic rings. The molecule has 1 fully saturated rings. The van der Waals surface area contributed by atoms with Crippen LogP contribution in [-0.2, 0) is 18.3 Å². The molecule has 2 atom stereocenters. The van der Waals surface area contributed by atoms with Crippen molar-refractivity contribution >= 4 is 8.56 Å². The molecule has 1 saturated heterocycles. The normalized spacial score (nSPS) is 29.0. The molecule has 150 valence electrons. The van der Waals surface area contributed by atoms with Gasteiger partial charge in [0.2, 0.25) is 0 Å². The highest BCUT2D eigenvalue weighted by atomic mass is 28.4. The highest BCUT2D eigenvalue weighted by Crippen LogP contribution is 2.52. The van der Waals surface area contributed by atoms with Crippen molar-refractivity contribution < 1.29 is 18.3 Å². The second-order valence-corrected chi connectivity index (χ2v) is 11.1. The maximum atomic E-state index is 6.74. The quantitative estimate of drug-likeness (QED) is 0.320. The molecule has 0 amide bonds. The van der Waals surface area contributed by atoms with E-state index in [0.29, 0.717) is 0 Å². The minimum absolute atomic E-state index is 0.280. The molecule has 0 N–H and O–H groups in total. The van der Waals surface area contributed by atoms with Crippen molar-refractivity contribution in [1.82, 2.24) is 0 Å². The Morgan fingerprint density at radius 1 is 0.840 bits per heavy atom. The Morgan fingerprint density at radius 3 is 2.04 bits per heavy atom. The van der Waals surface area contributed by atoms with Crippen molar-refractivity contribution in [2.45, 2.75) is 102 Å². The zero-order valence-corrected chi connectivity index (χ0v) is 18.6. The van der Waals surface area contributed by atoms with Crippen molar-refractivity contribution in [2.75, 3.05) is 27.9 Å². The van der Waals surface area contributed by atoms with E-state index in [1.165, 1.54) is 19.3 Å². The van der Waals surface area contributed by atoms with E-state index < -0.39 is 13.8 Å². The maximum absolute atomic E-state index is 6.74. The third kappa shape index (κ3) is 4.49. The van der Waals surface area contributed by atoms with Gasteiger partial charge >= 0.3 is 8.56 Å². The Hall–Kier alpha value is 0.0569. The van der Waals surface area contributed by atoms with Crippen LogP contribution in [0.1, 0.15) is 85.0 Å². The third-order valence-electron chi connectivity index (χ3n) is 6.11. The Kier molecular flexibility index (Phi) is 10.2. The van der Waals surface area contributed by atoms with E-state index in [4.69, 9.17) is 18.3 Å². The highest BCUT2D eigenvalue weighted by Gasteiger charge is 2.70. The van der Waals surface area contributed by atoms with Gasteiger partial charge in [0.05, 0.1) is 5.60 Å². The van der Waals surface area contributed by atoms with Crippen molar-refractivity contribution in [2.24, 2.45) is 0 Å². The van der Waals surface area contributed by atoms with Crippen LogP contribution in [0.15, 0.2) is 0 Å². The summed E-state index contributed by atoms with van der Waals surface area (Å²) in [6, 6.07) is 0.986. The van der Waals surface area contributed by atoms with Crippen LogP contribution in [0.5, 0.6) is 0 Å². The number of hydrogen-bond donors (Lipinski definition) is 0. The van der Waals surface area contributed by atoms with Crippen molar-refractivity contribution in [3.05, 3.63) is 0 Å². The van der Waals surface area contributed by atoms with Gasteiger partial charge < -0.3 is 18.3 Å². The van der Waals surface area contributed by atoms with Crippen LogP contribution in [0.2, 0.25) is 6.04 Å². The molecule has 0 saturated carbocycles. The summed E-state index contributed by atoms with van der Waals surface area (Å²) in [6.45, 7) is 7.52. The number of unbranched alkanes of at least 4 members (excludes halogenated alkanes) is 3. The second-order valence-electron chi connectivity index (χ2n) is 7.45. The van der Waals surface area contributed by atoms with Crippen molar-refractivity contribution in [1.29, 1.82) is 0 Å². The molecule has 1 aliphatic rings. The van der Waals surface area contributed by atoms with Crippen molar-refractivity contribution in [3.8, 4) is 0 Å². The van der Waals surface area contributed by atoms with Gasteiger partial charge in [0.15, 0.2) is 0 Å². The van der Waals surface area contributed by atoms with Gasteiger partial charge in [-0.25, -0.2) is 0 Å². The Bertz CT molecular complexity index is 362. The van der Waals surface area contributed by atoms with Crippen LogP contribution in [0.25, 0.3) is 0 Å². The second kappa shape index (κ2) is 11.0. The lowest BCUT2D eigenvalue weighted by atomic mass is 9.82. The number of ether oxygens (including phenoxy) is 2. The Balaban J connectivity index is 3.29. The molecule has 4 nitrogen and oxygen atoms in total. The zero-order valence-electron chi connectivity index (χ0n) is 17.6. The minimum atomic E-state index is -2.53. The van der Waals surface area contributed by atoms with E-state index in [2.05, 4.69) is 20.8 Å². The van der Waals surface area contributed by atoms with Crippen LogP contribution < -0.4 is 0 Å². The molecule has 0 bridgehead atoms. The van der Waals surface area contributed by atoms with Crippen LogP contribution in [-0.4, -0.2) is 47.3 Å². The van der Waals surface area contributed by atoms with Gasteiger partial charge in [-0.05, 0) is 38.1 Å². The van der Waals surface area contributed by atoms with E-state index in [0.717, 1.165) is 57.6 Å². The fraction of sp³-hybridized carbons (Fsp3) is 1.00. The summed E-state index contributed by atoms with van der Waals surface area (Å²) in [5.74, 6) is 0. The first-order valence-electron chi connectivity index (χ1n) is 10.4. The molecular weight excluding hydrogens is 332 g/mol. The van der Waals surface area contributed by atoms with Gasteiger partial charge in [-0.2, -0.15) is 0 Å². The van der Waals surface area contributed by atoms with Crippen LogP contribution in [0.3, 0.4) is 0 Å². The molecule has 0 aromatic carbocycles. The molecule has 0 aliphatic carbocycles. The topological polar surface area (TPSA) is 36.9 Å². The van der Waals surface area contributed by atoms with E-state index >= 15 is 0 Å². The van der Waals surface area contributed by atoms with Crippen LogP contribution in [0.4, 0.5) is 0 Å².